The minimum atomic E-state index is -0.711. The molecule has 0 aliphatic carbocycles. The van der Waals surface area contributed by atoms with Gasteiger partial charge in [0, 0.05) is 12.6 Å². The van der Waals surface area contributed by atoms with Crippen molar-refractivity contribution in [3.05, 3.63) is 0 Å². The van der Waals surface area contributed by atoms with Crippen LogP contribution in [0, 0.1) is 0 Å². The molecule has 1 aliphatic heterocycles. The van der Waals surface area contributed by atoms with E-state index in [-0.39, 0.29) is 12.1 Å². The molecule has 3 nitrogen and oxygen atoms in total. The summed E-state index contributed by atoms with van der Waals surface area (Å²) in [5.74, 6) is 0. The molecule has 60 valence electrons. The minimum absolute atomic E-state index is 0.0440. The van der Waals surface area contributed by atoms with Crippen LogP contribution in [0.4, 0.5) is 0 Å². The maximum Gasteiger partial charge on any atom is 0.0745 e. The molecule has 0 unspecified atom stereocenters. The number of β-amino-alcohol motifs (C(OH)–C–C–N with tert-alkyl or cyclic N) is 1. The van der Waals surface area contributed by atoms with Gasteiger partial charge in [0.15, 0.2) is 0 Å². The van der Waals surface area contributed by atoms with Crippen molar-refractivity contribution >= 4 is 0 Å². The third-order valence-corrected chi connectivity index (χ3v) is 1.96. The van der Waals surface area contributed by atoms with Gasteiger partial charge in [0.05, 0.1) is 11.7 Å². The lowest BCUT2D eigenvalue weighted by Crippen LogP contribution is -2.42. The molecule has 1 rings (SSSR count). The van der Waals surface area contributed by atoms with Gasteiger partial charge in [-0.3, -0.25) is 0 Å². The predicted molar refractivity (Wildman–Crippen MR) is 38.7 cm³/mol. The average molecular weight is 145 g/mol. The molecule has 0 radical (unpaired) electrons. The lowest BCUT2D eigenvalue weighted by molar-refractivity contribution is 0.0402. The van der Waals surface area contributed by atoms with Crippen molar-refractivity contribution in [1.29, 1.82) is 0 Å². The number of hydrogen-bond donors (Lipinski definition) is 3. The average Bonchev–Trinajstić information content (AvgIpc) is 2.11. The van der Waals surface area contributed by atoms with Gasteiger partial charge in [-0.15, -0.1) is 0 Å². The molecule has 1 aliphatic rings. The van der Waals surface area contributed by atoms with E-state index < -0.39 is 5.60 Å². The van der Waals surface area contributed by atoms with Crippen molar-refractivity contribution < 1.29 is 10.2 Å². The van der Waals surface area contributed by atoms with E-state index in [1.54, 1.807) is 13.8 Å². The molecule has 0 amide bonds. The smallest absolute Gasteiger partial charge is 0.0745 e. The fraction of sp³-hybridized carbons (Fsp3) is 1.00. The summed E-state index contributed by atoms with van der Waals surface area (Å²) in [6, 6.07) is 0.0440. The Kier molecular flexibility index (Phi) is 1.99. The van der Waals surface area contributed by atoms with Gasteiger partial charge >= 0.3 is 0 Å². The molecule has 1 saturated heterocycles. The highest BCUT2D eigenvalue weighted by atomic mass is 16.3. The quantitative estimate of drug-likeness (QED) is 0.465. The zero-order chi connectivity index (χ0) is 7.78. The second kappa shape index (κ2) is 2.49. The zero-order valence-corrected chi connectivity index (χ0v) is 6.46. The van der Waals surface area contributed by atoms with Crippen LogP contribution in [0.15, 0.2) is 0 Å². The van der Waals surface area contributed by atoms with Crippen molar-refractivity contribution in [2.45, 2.75) is 38.0 Å². The lowest BCUT2D eigenvalue weighted by atomic mass is 9.97. The summed E-state index contributed by atoms with van der Waals surface area (Å²) in [5.41, 5.74) is -0.711. The molecule has 2 atom stereocenters. The van der Waals surface area contributed by atoms with Crippen LogP contribution in [0.5, 0.6) is 0 Å². The van der Waals surface area contributed by atoms with Gasteiger partial charge in [0.2, 0.25) is 0 Å². The van der Waals surface area contributed by atoms with E-state index in [4.69, 9.17) is 5.11 Å². The van der Waals surface area contributed by atoms with Crippen LogP contribution < -0.4 is 5.32 Å². The lowest BCUT2D eigenvalue weighted by Gasteiger charge is -2.25. The fourth-order valence-corrected chi connectivity index (χ4v) is 1.26. The van der Waals surface area contributed by atoms with Crippen LogP contribution in [0.1, 0.15) is 20.3 Å². The zero-order valence-electron chi connectivity index (χ0n) is 6.46. The van der Waals surface area contributed by atoms with Gasteiger partial charge < -0.3 is 15.5 Å². The van der Waals surface area contributed by atoms with E-state index in [9.17, 15) is 5.11 Å². The molecule has 0 aromatic heterocycles. The van der Waals surface area contributed by atoms with Crippen LogP contribution in [-0.2, 0) is 0 Å². The van der Waals surface area contributed by atoms with Gasteiger partial charge in [-0.1, -0.05) is 0 Å². The Morgan fingerprint density at radius 2 is 2.10 bits per heavy atom. The van der Waals surface area contributed by atoms with Crippen LogP contribution in [0.3, 0.4) is 0 Å². The first-order valence-electron chi connectivity index (χ1n) is 3.64. The van der Waals surface area contributed by atoms with Crippen LogP contribution in [0.25, 0.3) is 0 Å². The van der Waals surface area contributed by atoms with Crippen LogP contribution >= 0.6 is 0 Å². The predicted octanol–water partition coefficient (Wildman–Crippen LogP) is -0.520. The van der Waals surface area contributed by atoms with E-state index >= 15 is 0 Å². The Bertz CT molecular complexity index is 119. The summed E-state index contributed by atoms with van der Waals surface area (Å²) in [7, 11) is 0. The number of aliphatic hydroxyl groups is 2. The second-order valence-electron chi connectivity index (χ2n) is 3.50. The highest BCUT2D eigenvalue weighted by molar-refractivity contribution is 4.91. The summed E-state index contributed by atoms with van der Waals surface area (Å²) < 4.78 is 0. The molecule has 0 saturated carbocycles. The van der Waals surface area contributed by atoms with Crippen LogP contribution in [-0.4, -0.2) is 34.5 Å². The molecule has 0 aromatic carbocycles. The molecule has 0 spiro atoms. The molecule has 1 heterocycles. The van der Waals surface area contributed by atoms with Gasteiger partial charge in [-0.25, -0.2) is 0 Å². The third-order valence-electron chi connectivity index (χ3n) is 1.96. The van der Waals surface area contributed by atoms with Crippen molar-refractivity contribution in [3.8, 4) is 0 Å². The molecule has 3 N–H and O–H groups in total. The fourth-order valence-electron chi connectivity index (χ4n) is 1.26. The second-order valence-corrected chi connectivity index (χ2v) is 3.50. The topological polar surface area (TPSA) is 52.5 Å². The van der Waals surface area contributed by atoms with E-state index in [2.05, 4.69) is 5.32 Å². The highest BCUT2D eigenvalue weighted by Gasteiger charge is 2.33. The van der Waals surface area contributed by atoms with E-state index in [1.807, 2.05) is 0 Å². The summed E-state index contributed by atoms with van der Waals surface area (Å²) >= 11 is 0. The Hall–Kier alpha value is -0.120. The monoisotopic (exact) mass is 145 g/mol. The van der Waals surface area contributed by atoms with Crippen LogP contribution in [0.2, 0.25) is 0 Å². The van der Waals surface area contributed by atoms with Gasteiger partial charge in [0.25, 0.3) is 0 Å². The standard InChI is InChI=1S/C7H15NO2/c1-7(2,10)6-3-5(9)4-8-6/h5-6,8-10H,3-4H2,1-2H3/t5-,6+/m0/s1. The first-order valence-corrected chi connectivity index (χ1v) is 3.64. The molecule has 0 bridgehead atoms. The van der Waals surface area contributed by atoms with Crippen molar-refractivity contribution in [3.63, 3.8) is 0 Å². The van der Waals surface area contributed by atoms with E-state index in [0.717, 1.165) is 0 Å². The summed E-state index contributed by atoms with van der Waals surface area (Å²) in [5, 5.41) is 21.6. The SMILES string of the molecule is CC(C)(O)[C@H]1C[C@H](O)CN1. The highest BCUT2D eigenvalue weighted by Crippen LogP contribution is 2.17. The molecule has 3 heteroatoms. The first kappa shape index (κ1) is 7.98. The normalized spacial score (nSPS) is 34.8. The van der Waals surface area contributed by atoms with Gasteiger partial charge in [0.1, 0.15) is 0 Å². The first-order chi connectivity index (χ1) is 4.50. The number of aliphatic hydroxyl groups excluding tert-OH is 1. The molecule has 1 fully saturated rings. The number of hydrogen-bond acceptors (Lipinski definition) is 3. The van der Waals surface area contributed by atoms with E-state index in [0.29, 0.717) is 13.0 Å². The van der Waals surface area contributed by atoms with Gasteiger partial charge in [-0.05, 0) is 20.3 Å². The maximum absolute atomic E-state index is 9.46. The molecular formula is C7H15NO2. The number of nitrogens with one attached hydrogen (secondary N) is 1. The third kappa shape index (κ3) is 1.68. The Morgan fingerprint density at radius 3 is 2.30 bits per heavy atom. The van der Waals surface area contributed by atoms with Crippen molar-refractivity contribution in [1.82, 2.24) is 5.32 Å². The Balaban J connectivity index is 2.45. The summed E-state index contributed by atoms with van der Waals surface area (Å²) in [6.45, 7) is 4.11. The molecular weight excluding hydrogens is 130 g/mol. The Morgan fingerprint density at radius 1 is 1.50 bits per heavy atom. The van der Waals surface area contributed by atoms with Gasteiger partial charge in [-0.2, -0.15) is 0 Å². The maximum atomic E-state index is 9.46. The minimum Gasteiger partial charge on any atom is -0.392 e. The summed E-state index contributed by atoms with van der Waals surface area (Å²) in [6.07, 6.45) is 0.375. The summed E-state index contributed by atoms with van der Waals surface area (Å²) in [4.78, 5) is 0. The van der Waals surface area contributed by atoms with E-state index in [1.165, 1.54) is 0 Å². The Labute approximate surface area is 61.1 Å². The molecule has 0 aromatic rings. The molecule has 10 heavy (non-hydrogen) atoms. The number of rotatable bonds is 1. The van der Waals surface area contributed by atoms with Crippen molar-refractivity contribution in [2.75, 3.05) is 6.54 Å². The largest absolute Gasteiger partial charge is 0.392 e. The van der Waals surface area contributed by atoms with Crippen molar-refractivity contribution in [2.24, 2.45) is 0 Å².